The Hall–Kier alpha value is -0.780. The van der Waals surface area contributed by atoms with Gasteiger partial charge < -0.3 is 0 Å². The van der Waals surface area contributed by atoms with Gasteiger partial charge in [-0.3, -0.25) is 0 Å². The van der Waals surface area contributed by atoms with E-state index in [9.17, 15) is 0 Å². The van der Waals surface area contributed by atoms with Crippen molar-refractivity contribution in [3.8, 4) is 0 Å². The molecule has 0 aromatic rings. The summed E-state index contributed by atoms with van der Waals surface area (Å²) in [5, 5.41) is 0. The Morgan fingerprint density at radius 2 is 1.81 bits per heavy atom. The van der Waals surface area contributed by atoms with Crippen LogP contribution in [-0.2, 0) is 0 Å². The molecule has 16 heavy (non-hydrogen) atoms. The van der Waals surface area contributed by atoms with Crippen molar-refractivity contribution in [1.82, 2.24) is 0 Å². The van der Waals surface area contributed by atoms with E-state index in [0.717, 1.165) is 5.92 Å². The summed E-state index contributed by atoms with van der Waals surface area (Å²) >= 11 is 0. The van der Waals surface area contributed by atoms with Crippen LogP contribution in [0.15, 0.2) is 35.5 Å². The Labute approximate surface area is 102 Å². The van der Waals surface area contributed by atoms with Gasteiger partial charge in [0.25, 0.3) is 0 Å². The van der Waals surface area contributed by atoms with Gasteiger partial charge in [-0.15, -0.1) is 0 Å². The molecule has 0 aliphatic carbocycles. The van der Waals surface area contributed by atoms with Crippen molar-refractivity contribution in [2.75, 3.05) is 0 Å². The van der Waals surface area contributed by atoms with Crippen LogP contribution in [0, 0.1) is 5.92 Å². The molecule has 0 aromatic carbocycles. The summed E-state index contributed by atoms with van der Waals surface area (Å²) in [7, 11) is 0. The fraction of sp³-hybridized carbons (Fsp3) is 0.625. The monoisotopic (exact) mass is 220 g/mol. The zero-order valence-electron chi connectivity index (χ0n) is 11.7. The van der Waals surface area contributed by atoms with Gasteiger partial charge in [0.15, 0.2) is 0 Å². The number of allylic oxidation sites excluding steroid dienone is 6. The number of hydrogen-bond donors (Lipinski definition) is 0. The molecule has 0 N–H and O–H groups in total. The van der Waals surface area contributed by atoms with E-state index in [-0.39, 0.29) is 0 Å². The normalized spacial score (nSPS) is 14.2. The van der Waals surface area contributed by atoms with E-state index in [0.29, 0.717) is 0 Å². The quantitative estimate of drug-likeness (QED) is 0.485. The first-order chi connectivity index (χ1) is 7.56. The molecule has 0 aliphatic heterocycles. The van der Waals surface area contributed by atoms with Crippen LogP contribution in [0.5, 0.6) is 0 Å². The van der Waals surface area contributed by atoms with Crippen molar-refractivity contribution in [1.29, 1.82) is 0 Å². The Balaban J connectivity index is 3.87. The Morgan fingerprint density at radius 1 is 1.12 bits per heavy atom. The van der Waals surface area contributed by atoms with E-state index < -0.39 is 0 Å². The van der Waals surface area contributed by atoms with E-state index in [1.165, 1.54) is 36.8 Å². The van der Waals surface area contributed by atoms with Gasteiger partial charge in [0.05, 0.1) is 0 Å². The molecule has 0 saturated heterocycles. The molecule has 0 aromatic heterocycles. The molecule has 1 unspecified atom stereocenters. The zero-order valence-corrected chi connectivity index (χ0v) is 11.7. The van der Waals surface area contributed by atoms with Crippen molar-refractivity contribution < 1.29 is 0 Å². The van der Waals surface area contributed by atoms with Crippen molar-refractivity contribution in [2.24, 2.45) is 5.92 Å². The molecule has 0 rings (SSSR count). The van der Waals surface area contributed by atoms with E-state index in [1.54, 1.807) is 0 Å². The maximum absolute atomic E-state index is 2.35. The second kappa shape index (κ2) is 9.45. The highest BCUT2D eigenvalue weighted by Crippen LogP contribution is 2.13. The van der Waals surface area contributed by atoms with Crippen molar-refractivity contribution in [2.45, 2.75) is 60.3 Å². The molecular formula is C16H28. The van der Waals surface area contributed by atoms with Crippen molar-refractivity contribution >= 4 is 0 Å². The topological polar surface area (TPSA) is 0 Å². The maximum Gasteiger partial charge on any atom is -0.0342 e. The van der Waals surface area contributed by atoms with Crippen LogP contribution in [0.25, 0.3) is 0 Å². The first-order valence-corrected chi connectivity index (χ1v) is 6.54. The first-order valence-electron chi connectivity index (χ1n) is 6.54. The van der Waals surface area contributed by atoms with E-state index >= 15 is 0 Å². The standard InChI is InChI=1S/C16H28/c1-6-9-15(4)12-8-13-16(5)11-7-10-14(2)3/h7,10-11,13,15H,6,8-9,12H2,1-5H3. The second-order valence-corrected chi connectivity index (χ2v) is 5.02. The van der Waals surface area contributed by atoms with Gasteiger partial charge in [-0.2, -0.15) is 0 Å². The van der Waals surface area contributed by atoms with Crippen LogP contribution in [0.3, 0.4) is 0 Å². The van der Waals surface area contributed by atoms with Crippen LogP contribution in [0.1, 0.15) is 60.3 Å². The lowest BCUT2D eigenvalue weighted by atomic mass is 9.99. The lowest BCUT2D eigenvalue weighted by Gasteiger charge is -2.07. The highest BCUT2D eigenvalue weighted by atomic mass is 14.0. The summed E-state index contributed by atoms with van der Waals surface area (Å²) in [6, 6.07) is 0. The average molecular weight is 220 g/mol. The third-order valence-corrected chi connectivity index (χ3v) is 2.70. The summed E-state index contributed by atoms with van der Waals surface area (Å²) in [5.41, 5.74) is 2.72. The molecule has 0 nitrogen and oxygen atoms in total. The van der Waals surface area contributed by atoms with Gasteiger partial charge in [-0.25, -0.2) is 0 Å². The van der Waals surface area contributed by atoms with Gasteiger partial charge in [0.1, 0.15) is 0 Å². The number of rotatable bonds is 7. The largest absolute Gasteiger partial charge is 0.0816 e. The molecule has 92 valence electrons. The Bertz CT molecular complexity index is 249. The van der Waals surface area contributed by atoms with E-state index in [4.69, 9.17) is 0 Å². The van der Waals surface area contributed by atoms with Crippen LogP contribution < -0.4 is 0 Å². The Morgan fingerprint density at radius 3 is 2.38 bits per heavy atom. The molecule has 0 spiro atoms. The molecule has 0 amide bonds. The minimum absolute atomic E-state index is 0.871. The molecule has 1 atom stereocenters. The van der Waals surface area contributed by atoms with E-state index in [1.807, 2.05) is 0 Å². The van der Waals surface area contributed by atoms with Crippen molar-refractivity contribution in [3.63, 3.8) is 0 Å². The van der Waals surface area contributed by atoms with Crippen LogP contribution >= 0.6 is 0 Å². The Kier molecular flexibility index (Phi) is 8.99. The lowest BCUT2D eigenvalue weighted by Crippen LogP contribution is -1.92. The summed E-state index contributed by atoms with van der Waals surface area (Å²) in [6.45, 7) is 11.0. The van der Waals surface area contributed by atoms with Crippen LogP contribution in [0.2, 0.25) is 0 Å². The van der Waals surface area contributed by atoms with Gasteiger partial charge in [0, 0.05) is 0 Å². The number of hydrogen-bond acceptors (Lipinski definition) is 0. The van der Waals surface area contributed by atoms with Gasteiger partial charge in [0.2, 0.25) is 0 Å². The van der Waals surface area contributed by atoms with Gasteiger partial charge in [-0.1, -0.05) is 62.1 Å². The zero-order chi connectivity index (χ0) is 12.4. The second-order valence-electron chi connectivity index (χ2n) is 5.02. The third kappa shape index (κ3) is 9.76. The smallest absolute Gasteiger partial charge is 0.0342 e. The van der Waals surface area contributed by atoms with E-state index in [2.05, 4.69) is 58.9 Å². The molecule has 0 radical (unpaired) electrons. The van der Waals surface area contributed by atoms with Crippen LogP contribution in [0.4, 0.5) is 0 Å². The summed E-state index contributed by atoms with van der Waals surface area (Å²) < 4.78 is 0. The minimum Gasteiger partial charge on any atom is -0.0816 e. The van der Waals surface area contributed by atoms with Gasteiger partial charge in [-0.05, 0) is 39.5 Å². The van der Waals surface area contributed by atoms with Crippen LogP contribution in [-0.4, -0.2) is 0 Å². The predicted molar refractivity (Wildman–Crippen MR) is 75.6 cm³/mol. The molecule has 0 fully saturated rings. The predicted octanol–water partition coefficient (Wildman–Crippen LogP) is 5.67. The highest BCUT2D eigenvalue weighted by molar-refractivity contribution is 5.21. The molecular weight excluding hydrogens is 192 g/mol. The molecule has 0 heteroatoms. The third-order valence-electron chi connectivity index (χ3n) is 2.70. The van der Waals surface area contributed by atoms with Crippen molar-refractivity contribution in [3.05, 3.63) is 35.5 Å². The minimum atomic E-state index is 0.871. The van der Waals surface area contributed by atoms with Gasteiger partial charge >= 0.3 is 0 Å². The maximum atomic E-state index is 2.35. The molecule has 0 aliphatic rings. The highest BCUT2D eigenvalue weighted by Gasteiger charge is 1.97. The SMILES string of the molecule is CCCC(C)CCC=C(C)C=CC=C(C)C. The molecule has 0 bridgehead atoms. The fourth-order valence-corrected chi connectivity index (χ4v) is 1.69. The molecule has 0 saturated carbocycles. The summed E-state index contributed by atoms with van der Waals surface area (Å²) in [5.74, 6) is 0.871. The summed E-state index contributed by atoms with van der Waals surface area (Å²) in [6.07, 6.45) is 14.0. The average Bonchev–Trinajstić information content (AvgIpc) is 2.17. The lowest BCUT2D eigenvalue weighted by molar-refractivity contribution is 0.490. The summed E-state index contributed by atoms with van der Waals surface area (Å²) in [4.78, 5) is 0. The molecule has 0 heterocycles. The fourth-order valence-electron chi connectivity index (χ4n) is 1.69. The first kappa shape index (κ1) is 15.2.